The van der Waals surface area contributed by atoms with Crippen LogP contribution in [0.1, 0.15) is 136 Å². The van der Waals surface area contributed by atoms with Gasteiger partial charge in [0.2, 0.25) is 5.91 Å². The van der Waals surface area contributed by atoms with Crippen molar-refractivity contribution in [2.45, 2.75) is 240 Å². The molecular formula is C67H105NO18. The molecule has 3 heterocycles. The summed E-state index contributed by atoms with van der Waals surface area (Å²) in [6.45, 7) is 1.35. The molecule has 3 aliphatic rings. The molecule has 19 nitrogen and oxygen atoms in total. The fourth-order valence-corrected chi connectivity index (χ4v) is 9.30. The predicted molar refractivity (Wildman–Crippen MR) is 332 cm³/mol. The lowest BCUT2D eigenvalue weighted by Gasteiger charge is -2.48. The third-order valence-electron chi connectivity index (χ3n) is 14.4. The SMILES string of the molecule is CC/C=C\C/C=C\C/C=C\C/C=C\C/C=C\C/C=C\C/C=C\C/C=C\C/C=C\C/C=C\C/C=C\CCCCCC(=O)NC(COC1OC(CO)C(OC2OC(CO)C(OC3OC(CO)C(O)C(O)C3O)C(O)C2O)C(O)C1O)C(O)/C=C/CCCC. The summed E-state index contributed by atoms with van der Waals surface area (Å²) < 4.78 is 34.0. The van der Waals surface area contributed by atoms with Crippen molar-refractivity contribution in [3.05, 3.63) is 146 Å². The van der Waals surface area contributed by atoms with Gasteiger partial charge in [0.05, 0.1) is 38.6 Å². The Morgan fingerprint density at radius 3 is 1.22 bits per heavy atom. The maximum Gasteiger partial charge on any atom is 0.220 e. The number of hydrogen-bond acceptors (Lipinski definition) is 18. The quantitative estimate of drug-likeness (QED) is 0.0231. The smallest absolute Gasteiger partial charge is 0.220 e. The van der Waals surface area contributed by atoms with Crippen molar-refractivity contribution in [3.8, 4) is 0 Å². The highest BCUT2D eigenvalue weighted by molar-refractivity contribution is 5.76. The van der Waals surface area contributed by atoms with E-state index in [-0.39, 0.29) is 18.9 Å². The van der Waals surface area contributed by atoms with E-state index in [1.165, 1.54) is 0 Å². The molecule has 3 saturated heterocycles. The zero-order valence-corrected chi connectivity index (χ0v) is 50.7. The van der Waals surface area contributed by atoms with Crippen LogP contribution in [0, 0.1) is 0 Å². The van der Waals surface area contributed by atoms with Crippen LogP contribution in [0.3, 0.4) is 0 Å². The van der Waals surface area contributed by atoms with Gasteiger partial charge in [-0.1, -0.05) is 179 Å². The number of hydrogen-bond donors (Lipinski definition) is 12. The van der Waals surface area contributed by atoms with Gasteiger partial charge in [-0.25, -0.2) is 0 Å². The van der Waals surface area contributed by atoms with Gasteiger partial charge in [0.15, 0.2) is 18.9 Å². The van der Waals surface area contributed by atoms with Gasteiger partial charge in [-0.05, 0) is 96.3 Å². The molecule has 3 fully saturated rings. The fraction of sp³-hybridized carbons (Fsp3) is 0.627. The molecule has 3 rings (SSSR count). The molecule has 486 valence electrons. The van der Waals surface area contributed by atoms with Gasteiger partial charge < -0.3 is 89.9 Å². The minimum Gasteiger partial charge on any atom is -0.394 e. The number of aliphatic hydroxyl groups is 11. The Morgan fingerprint density at radius 1 is 0.430 bits per heavy atom. The van der Waals surface area contributed by atoms with E-state index in [4.69, 9.17) is 28.4 Å². The first kappa shape index (κ1) is 75.9. The number of unbranched alkanes of at least 4 members (excludes halogenated alkanes) is 5. The number of carbonyl (C=O) groups is 1. The van der Waals surface area contributed by atoms with Crippen LogP contribution in [-0.2, 0) is 33.2 Å². The second-order valence-corrected chi connectivity index (χ2v) is 21.4. The van der Waals surface area contributed by atoms with Crippen molar-refractivity contribution in [2.24, 2.45) is 0 Å². The zero-order chi connectivity index (χ0) is 62.6. The molecule has 17 unspecified atom stereocenters. The molecular weight excluding hydrogens is 1110 g/mol. The minimum atomic E-state index is -1.99. The zero-order valence-electron chi connectivity index (χ0n) is 50.7. The summed E-state index contributed by atoms with van der Waals surface area (Å²) in [4.78, 5) is 13.2. The van der Waals surface area contributed by atoms with Crippen LogP contribution in [0.4, 0.5) is 0 Å². The van der Waals surface area contributed by atoms with Crippen molar-refractivity contribution >= 4 is 5.91 Å². The van der Waals surface area contributed by atoms with Crippen molar-refractivity contribution in [1.82, 2.24) is 5.32 Å². The maximum atomic E-state index is 13.2. The van der Waals surface area contributed by atoms with E-state index in [2.05, 4.69) is 146 Å². The van der Waals surface area contributed by atoms with Gasteiger partial charge in [-0.2, -0.15) is 0 Å². The predicted octanol–water partition coefficient (Wildman–Crippen LogP) is 6.42. The molecule has 0 radical (unpaired) electrons. The maximum absolute atomic E-state index is 13.2. The standard InChI is InChI=1S/C67H105NO18/c1-3-5-7-9-10-11-12-13-14-15-16-17-18-19-20-21-22-23-24-25-26-27-28-29-30-31-32-33-34-35-36-37-38-39-40-41-43-45-55(73)68-50(51(72)44-42-8-6-4-2)49-81-65-61(79)58(76)63(53(47-70)83-65)86-67-62(80)59(77)64(54(48-71)84-67)85-66-60(78)57(75)56(74)52(46-69)82-66/h5,7,10-11,13-14,16-17,19-20,22-23,25-26,28-29,31-32,34-35,37-38,42,44,50-54,56-67,69-72,74-80H,3-4,6,8-9,12,15,18,21,24,27,30,33,36,39-41,43,45-49H2,1-2H3,(H,68,73)/b7-5-,11-10-,14-13-,17-16-,20-19-,23-22-,26-25-,29-28-,32-31-,35-34-,38-37-,44-42+. The van der Waals surface area contributed by atoms with Crippen molar-refractivity contribution in [1.29, 1.82) is 0 Å². The molecule has 19 heteroatoms. The Morgan fingerprint density at radius 2 is 0.802 bits per heavy atom. The van der Waals surface area contributed by atoms with Crippen molar-refractivity contribution < 1.29 is 89.4 Å². The van der Waals surface area contributed by atoms with Crippen molar-refractivity contribution in [3.63, 3.8) is 0 Å². The number of aliphatic hydroxyl groups excluding tert-OH is 11. The second-order valence-electron chi connectivity index (χ2n) is 21.4. The van der Waals surface area contributed by atoms with Crippen LogP contribution in [0.5, 0.6) is 0 Å². The Labute approximate surface area is 511 Å². The van der Waals surface area contributed by atoms with E-state index >= 15 is 0 Å². The fourth-order valence-electron chi connectivity index (χ4n) is 9.30. The molecule has 0 saturated carbocycles. The monoisotopic (exact) mass is 1210 g/mol. The third kappa shape index (κ3) is 30.3. The summed E-state index contributed by atoms with van der Waals surface area (Å²) in [5.41, 5.74) is 0. The Bertz CT molecular complexity index is 2130. The molecule has 0 spiro atoms. The molecule has 0 aromatic rings. The summed E-state index contributed by atoms with van der Waals surface area (Å²) in [7, 11) is 0. The van der Waals surface area contributed by atoms with E-state index in [9.17, 15) is 61.0 Å². The van der Waals surface area contributed by atoms with Gasteiger partial charge in [0.1, 0.15) is 73.2 Å². The van der Waals surface area contributed by atoms with E-state index in [0.29, 0.717) is 12.8 Å². The highest BCUT2D eigenvalue weighted by Crippen LogP contribution is 2.33. The van der Waals surface area contributed by atoms with E-state index in [1.54, 1.807) is 12.2 Å². The molecule has 0 aromatic carbocycles. The first-order chi connectivity index (χ1) is 41.8. The number of carbonyl (C=O) groups excluding carboxylic acids is 1. The largest absolute Gasteiger partial charge is 0.394 e. The van der Waals surface area contributed by atoms with Gasteiger partial charge in [0.25, 0.3) is 0 Å². The molecule has 86 heavy (non-hydrogen) atoms. The lowest BCUT2D eigenvalue weighted by Crippen LogP contribution is -2.66. The Hall–Kier alpha value is -4.33. The first-order valence-corrected chi connectivity index (χ1v) is 31.1. The number of amides is 1. The minimum absolute atomic E-state index is 0.190. The lowest BCUT2D eigenvalue weighted by atomic mass is 9.96. The average Bonchev–Trinajstić information content (AvgIpc) is 1.41. The van der Waals surface area contributed by atoms with E-state index in [1.807, 2.05) is 6.92 Å². The third-order valence-corrected chi connectivity index (χ3v) is 14.4. The average molecular weight is 1210 g/mol. The highest BCUT2D eigenvalue weighted by atomic mass is 16.8. The Kier molecular flexibility index (Phi) is 42.1. The second kappa shape index (κ2) is 47.6. The number of ether oxygens (including phenoxy) is 6. The first-order valence-electron chi connectivity index (χ1n) is 31.1. The topological polar surface area (TPSA) is 307 Å². The molecule has 0 aliphatic carbocycles. The summed E-state index contributed by atoms with van der Waals surface area (Å²) in [5.74, 6) is -0.326. The molecule has 12 N–H and O–H groups in total. The summed E-state index contributed by atoms with van der Waals surface area (Å²) >= 11 is 0. The Balaban J connectivity index is 1.31. The summed E-state index contributed by atoms with van der Waals surface area (Å²) in [5, 5.41) is 119. The summed E-state index contributed by atoms with van der Waals surface area (Å²) in [6.07, 6.45) is 40.9. The van der Waals surface area contributed by atoms with Gasteiger partial charge in [-0.15, -0.1) is 0 Å². The van der Waals surface area contributed by atoms with E-state index < -0.39 is 124 Å². The van der Waals surface area contributed by atoms with Crippen LogP contribution < -0.4 is 5.32 Å². The van der Waals surface area contributed by atoms with Crippen molar-refractivity contribution in [2.75, 3.05) is 26.4 Å². The lowest BCUT2D eigenvalue weighted by molar-refractivity contribution is -0.379. The number of nitrogens with one attached hydrogen (secondary N) is 1. The normalized spacial score (nSPS) is 29.8. The van der Waals surface area contributed by atoms with Crippen LogP contribution in [0.2, 0.25) is 0 Å². The van der Waals surface area contributed by atoms with E-state index in [0.717, 1.165) is 103 Å². The number of allylic oxidation sites excluding steroid dienone is 23. The molecule has 17 atom stereocenters. The van der Waals surface area contributed by atoms with Crippen LogP contribution in [-0.4, -0.2) is 193 Å². The van der Waals surface area contributed by atoms with Crippen LogP contribution in [0.15, 0.2) is 146 Å². The van der Waals surface area contributed by atoms with Gasteiger partial charge in [0, 0.05) is 6.42 Å². The molecule has 0 bridgehead atoms. The van der Waals surface area contributed by atoms with Gasteiger partial charge >= 0.3 is 0 Å². The summed E-state index contributed by atoms with van der Waals surface area (Å²) in [6, 6.07) is -0.998. The molecule has 1 amide bonds. The highest BCUT2D eigenvalue weighted by Gasteiger charge is 2.53. The van der Waals surface area contributed by atoms with Crippen LogP contribution in [0.25, 0.3) is 0 Å². The molecule has 3 aliphatic heterocycles. The van der Waals surface area contributed by atoms with Crippen LogP contribution >= 0.6 is 0 Å². The van der Waals surface area contributed by atoms with Gasteiger partial charge in [-0.3, -0.25) is 4.79 Å². The number of rotatable bonds is 43. The molecule has 0 aromatic heterocycles.